The summed E-state index contributed by atoms with van der Waals surface area (Å²) >= 11 is 1.20. The van der Waals surface area contributed by atoms with E-state index in [-0.39, 0.29) is 16.7 Å². The van der Waals surface area contributed by atoms with E-state index in [2.05, 4.69) is 15.8 Å². The van der Waals surface area contributed by atoms with Crippen molar-refractivity contribution in [3.63, 3.8) is 0 Å². The Hall–Kier alpha value is -2.51. The molecule has 7 heteroatoms. The standard InChI is InChI=1S/C17H17N3O3S/c1-23-14-9-7-13(8-10-14)18-15(21)16-19-20-17(22,11-24-16)12-5-3-2-4-6-12/h2-10,20,22H,11H2,1H3,(H,18,21). The molecule has 1 aliphatic rings. The maximum atomic E-state index is 12.3. The Morgan fingerprint density at radius 2 is 1.96 bits per heavy atom. The summed E-state index contributed by atoms with van der Waals surface area (Å²) in [6.07, 6.45) is 0. The van der Waals surface area contributed by atoms with Crippen LogP contribution in [-0.2, 0) is 10.5 Å². The number of benzene rings is 2. The lowest BCUT2D eigenvalue weighted by Crippen LogP contribution is -2.46. The van der Waals surface area contributed by atoms with Gasteiger partial charge in [-0.15, -0.1) is 0 Å². The number of nitrogens with zero attached hydrogens (tertiary/aromatic N) is 1. The summed E-state index contributed by atoms with van der Waals surface area (Å²) in [7, 11) is 1.58. The molecule has 0 aliphatic carbocycles. The quantitative estimate of drug-likeness (QED) is 0.792. The average molecular weight is 343 g/mol. The zero-order valence-electron chi connectivity index (χ0n) is 13.0. The number of nitrogens with one attached hydrogen (secondary N) is 2. The van der Waals surface area contributed by atoms with Crippen LogP contribution in [0.15, 0.2) is 59.7 Å². The second-order valence-corrected chi connectivity index (χ2v) is 6.19. The SMILES string of the molecule is COc1ccc(NC(=O)C2=NNC(O)(c3ccccc3)CS2)cc1. The second-order valence-electron chi connectivity index (χ2n) is 5.23. The molecule has 0 aromatic heterocycles. The van der Waals surface area contributed by atoms with Gasteiger partial charge < -0.3 is 15.2 Å². The third-order valence-electron chi connectivity index (χ3n) is 3.55. The van der Waals surface area contributed by atoms with Crippen molar-refractivity contribution in [2.75, 3.05) is 18.2 Å². The number of hydrogen-bond acceptors (Lipinski definition) is 6. The van der Waals surface area contributed by atoms with Crippen LogP contribution < -0.4 is 15.5 Å². The van der Waals surface area contributed by atoms with Crippen LogP contribution in [0, 0.1) is 0 Å². The smallest absolute Gasteiger partial charge is 0.282 e. The van der Waals surface area contributed by atoms with Crippen LogP contribution in [0.4, 0.5) is 5.69 Å². The van der Waals surface area contributed by atoms with E-state index in [0.717, 1.165) is 0 Å². The lowest BCUT2D eigenvalue weighted by Gasteiger charge is -2.31. The number of methoxy groups -OCH3 is 1. The van der Waals surface area contributed by atoms with Gasteiger partial charge in [-0.2, -0.15) is 5.10 Å². The molecule has 0 bridgehead atoms. The van der Waals surface area contributed by atoms with E-state index < -0.39 is 5.72 Å². The molecule has 3 rings (SSSR count). The molecule has 0 spiro atoms. The highest BCUT2D eigenvalue weighted by atomic mass is 32.2. The molecule has 24 heavy (non-hydrogen) atoms. The predicted molar refractivity (Wildman–Crippen MR) is 95.0 cm³/mol. The number of carbonyl (C=O) groups is 1. The second kappa shape index (κ2) is 6.94. The molecule has 1 atom stereocenters. The molecular weight excluding hydrogens is 326 g/mol. The molecule has 2 aromatic rings. The number of hydrogen-bond donors (Lipinski definition) is 3. The summed E-state index contributed by atoms with van der Waals surface area (Å²) < 4.78 is 5.08. The van der Waals surface area contributed by atoms with E-state index in [0.29, 0.717) is 17.0 Å². The number of anilines is 1. The molecule has 0 fully saturated rings. The summed E-state index contributed by atoms with van der Waals surface area (Å²) in [4.78, 5) is 12.3. The minimum absolute atomic E-state index is 0.270. The van der Waals surface area contributed by atoms with Gasteiger partial charge in [0, 0.05) is 11.3 Å². The number of rotatable bonds is 4. The molecule has 0 saturated heterocycles. The van der Waals surface area contributed by atoms with Crippen molar-refractivity contribution in [3.05, 3.63) is 60.2 Å². The van der Waals surface area contributed by atoms with Crippen molar-refractivity contribution in [3.8, 4) is 5.75 Å². The van der Waals surface area contributed by atoms with Crippen molar-refractivity contribution in [2.45, 2.75) is 5.72 Å². The van der Waals surface area contributed by atoms with Crippen LogP contribution in [0.25, 0.3) is 0 Å². The number of amides is 1. The van der Waals surface area contributed by atoms with Gasteiger partial charge in [-0.3, -0.25) is 10.2 Å². The molecule has 2 aromatic carbocycles. The number of carbonyl (C=O) groups excluding carboxylic acids is 1. The first-order valence-corrected chi connectivity index (χ1v) is 8.30. The maximum Gasteiger partial charge on any atom is 0.282 e. The third kappa shape index (κ3) is 3.52. The molecule has 0 saturated carbocycles. The van der Waals surface area contributed by atoms with Gasteiger partial charge in [0.25, 0.3) is 5.91 Å². The van der Waals surface area contributed by atoms with E-state index in [1.165, 1.54) is 11.8 Å². The highest BCUT2D eigenvalue weighted by molar-refractivity contribution is 8.15. The Bertz CT molecular complexity index is 749. The lowest BCUT2D eigenvalue weighted by molar-refractivity contribution is -0.110. The van der Waals surface area contributed by atoms with Crippen molar-refractivity contribution < 1.29 is 14.6 Å². The molecule has 0 radical (unpaired) electrons. The van der Waals surface area contributed by atoms with Gasteiger partial charge in [0.1, 0.15) is 5.75 Å². The van der Waals surface area contributed by atoms with Crippen molar-refractivity contribution in [1.29, 1.82) is 0 Å². The highest BCUT2D eigenvalue weighted by Crippen LogP contribution is 2.27. The Labute approximate surface area is 143 Å². The molecule has 1 unspecified atom stereocenters. The average Bonchev–Trinajstić information content (AvgIpc) is 2.63. The molecule has 3 N–H and O–H groups in total. The molecule has 1 amide bonds. The van der Waals surface area contributed by atoms with Crippen LogP contribution in [0.3, 0.4) is 0 Å². The fourth-order valence-electron chi connectivity index (χ4n) is 2.22. The van der Waals surface area contributed by atoms with Gasteiger partial charge in [-0.25, -0.2) is 0 Å². The fourth-order valence-corrected chi connectivity index (χ4v) is 3.09. The Morgan fingerprint density at radius 3 is 2.54 bits per heavy atom. The van der Waals surface area contributed by atoms with Crippen LogP contribution >= 0.6 is 11.8 Å². The zero-order chi connectivity index (χ0) is 17.0. The largest absolute Gasteiger partial charge is 0.497 e. The topological polar surface area (TPSA) is 83.0 Å². The minimum Gasteiger partial charge on any atom is -0.497 e. The molecule has 1 heterocycles. The monoisotopic (exact) mass is 343 g/mol. The Balaban J connectivity index is 1.66. The summed E-state index contributed by atoms with van der Waals surface area (Å²) in [5.74, 6) is 0.672. The first kappa shape index (κ1) is 16.4. The van der Waals surface area contributed by atoms with Crippen molar-refractivity contribution in [1.82, 2.24) is 5.43 Å². The van der Waals surface area contributed by atoms with Crippen molar-refractivity contribution >= 4 is 28.4 Å². The van der Waals surface area contributed by atoms with Gasteiger partial charge in [0.2, 0.25) is 0 Å². The predicted octanol–water partition coefficient (Wildman–Crippen LogP) is 2.13. The number of aliphatic hydroxyl groups is 1. The van der Waals surface area contributed by atoms with Gasteiger partial charge >= 0.3 is 0 Å². The van der Waals surface area contributed by atoms with Crippen LogP contribution in [0.5, 0.6) is 5.75 Å². The molecular formula is C17H17N3O3S. The number of ether oxygens (including phenoxy) is 1. The fraction of sp³-hybridized carbons (Fsp3) is 0.176. The van der Waals surface area contributed by atoms with Crippen molar-refractivity contribution in [2.24, 2.45) is 5.10 Å². The zero-order valence-corrected chi connectivity index (χ0v) is 13.8. The van der Waals surface area contributed by atoms with Crippen LogP contribution in [-0.4, -0.2) is 28.9 Å². The first-order valence-electron chi connectivity index (χ1n) is 7.32. The van der Waals surface area contributed by atoms with Gasteiger partial charge in [-0.1, -0.05) is 42.1 Å². The Kier molecular flexibility index (Phi) is 4.73. The molecule has 1 aliphatic heterocycles. The summed E-state index contributed by atoms with van der Waals surface area (Å²) in [5.41, 5.74) is 2.76. The van der Waals surface area contributed by atoms with Crippen LogP contribution in [0.2, 0.25) is 0 Å². The van der Waals surface area contributed by atoms with Gasteiger partial charge in [0.05, 0.1) is 12.9 Å². The van der Waals surface area contributed by atoms with E-state index in [4.69, 9.17) is 4.74 Å². The number of thioether (sulfide) groups is 1. The molecule has 6 nitrogen and oxygen atoms in total. The summed E-state index contributed by atoms with van der Waals surface area (Å²) in [6.45, 7) is 0. The third-order valence-corrected chi connectivity index (χ3v) is 4.67. The van der Waals surface area contributed by atoms with Gasteiger partial charge in [-0.05, 0) is 24.3 Å². The normalized spacial score (nSPS) is 19.8. The van der Waals surface area contributed by atoms with Gasteiger partial charge in [0.15, 0.2) is 10.8 Å². The Morgan fingerprint density at radius 1 is 1.25 bits per heavy atom. The maximum absolute atomic E-state index is 12.3. The van der Waals surface area contributed by atoms with E-state index in [1.807, 2.05) is 30.3 Å². The first-order chi connectivity index (χ1) is 11.6. The number of hydrazone groups is 1. The summed E-state index contributed by atoms with van der Waals surface area (Å²) in [5, 5.41) is 17.7. The van der Waals surface area contributed by atoms with E-state index in [1.54, 1.807) is 31.4 Å². The summed E-state index contributed by atoms with van der Waals surface area (Å²) in [6, 6.07) is 16.2. The van der Waals surface area contributed by atoms with Crippen LogP contribution in [0.1, 0.15) is 5.56 Å². The van der Waals surface area contributed by atoms with E-state index in [9.17, 15) is 9.90 Å². The minimum atomic E-state index is -1.28. The highest BCUT2D eigenvalue weighted by Gasteiger charge is 2.34. The van der Waals surface area contributed by atoms with E-state index >= 15 is 0 Å². The lowest BCUT2D eigenvalue weighted by atomic mass is 10.1. The molecule has 124 valence electrons.